The maximum absolute atomic E-state index is 12.6. The first-order valence-electron chi connectivity index (χ1n) is 9.05. The number of hydrogen-bond acceptors (Lipinski definition) is 6. The molecule has 5 nitrogen and oxygen atoms in total. The topological polar surface area (TPSA) is 58.1 Å². The normalized spacial score (nSPS) is 27.0. The molecule has 2 bridgehead atoms. The van der Waals surface area contributed by atoms with Gasteiger partial charge in [-0.3, -0.25) is 9.69 Å². The first kappa shape index (κ1) is 19.7. The van der Waals surface area contributed by atoms with Gasteiger partial charge in [0.15, 0.2) is 4.34 Å². The van der Waals surface area contributed by atoms with Crippen LogP contribution in [0.4, 0.5) is 13.2 Å². The van der Waals surface area contributed by atoms with Crippen LogP contribution >= 0.6 is 23.1 Å². The Morgan fingerprint density at radius 1 is 1.21 bits per heavy atom. The fourth-order valence-corrected chi connectivity index (χ4v) is 5.61. The van der Waals surface area contributed by atoms with Gasteiger partial charge in [-0.15, -0.1) is 10.2 Å². The second-order valence-electron chi connectivity index (χ2n) is 7.11. The summed E-state index contributed by atoms with van der Waals surface area (Å²) in [5.41, 5.74) is 0.543. The molecule has 0 saturated carbocycles. The van der Waals surface area contributed by atoms with Gasteiger partial charge in [-0.05, 0) is 63.0 Å². The summed E-state index contributed by atoms with van der Waals surface area (Å²) < 4.78 is 38.0. The molecule has 150 valence electrons. The van der Waals surface area contributed by atoms with Crippen LogP contribution in [0.15, 0.2) is 33.5 Å². The van der Waals surface area contributed by atoms with Crippen LogP contribution in [0.5, 0.6) is 0 Å². The third kappa shape index (κ3) is 4.04. The minimum atomic E-state index is -4.48. The molecule has 3 aliphatic heterocycles. The molecular formula is C18H19F3N4OS2. The van der Waals surface area contributed by atoms with E-state index < -0.39 is 11.2 Å². The van der Waals surface area contributed by atoms with Crippen molar-refractivity contribution in [1.82, 2.24) is 20.4 Å². The molecular weight excluding hydrogens is 409 g/mol. The Morgan fingerprint density at radius 3 is 2.46 bits per heavy atom. The zero-order chi connectivity index (χ0) is 19.9. The number of nitrogens with one attached hydrogen (secondary N) is 1. The molecule has 1 aromatic heterocycles. The lowest BCUT2D eigenvalue weighted by atomic mass is 9.79. The number of hydrogen-bond donors (Lipinski definition) is 1. The molecule has 10 heteroatoms. The van der Waals surface area contributed by atoms with Crippen molar-refractivity contribution in [2.75, 3.05) is 13.1 Å². The van der Waals surface area contributed by atoms with E-state index in [9.17, 15) is 18.0 Å². The molecule has 2 unspecified atom stereocenters. The van der Waals surface area contributed by atoms with E-state index in [0.717, 1.165) is 37.7 Å². The molecule has 3 saturated heterocycles. The minimum Gasteiger partial charge on any atom is -0.347 e. The van der Waals surface area contributed by atoms with Gasteiger partial charge >= 0.3 is 6.18 Å². The summed E-state index contributed by atoms with van der Waals surface area (Å²) in [5, 5.41) is 8.96. The van der Waals surface area contributed by atoms with Crippen LogP contribution in [-0.2, 0) is 6.18 Å². The van der Waals surface area contributed by atoms with Crippen LogP contribution in [0, 0.1) is 5.92 Å². The van der Waals surface area contributed by atoms with E-state index >= 15 is 0 Å². The number of carbonyl (C=O) groups excluding carboxylic acids is 1. The molecule has 5 rings (SSSR count). The molecule has 1 aromatic carbocycles. The van der Waals surface area contributed by atoms with Gasteiger partial charge in [-0.2, -0.15) is 13.2 Å². The molecule has 4 heterocycles. The number of halogens is 3. The maximum atomic E-state index is 12.6. The predicted molar refractivity (Wildman–Crippen MR) is 100 cm³/mol. The van der Waals surface area contributed by atoms with E-state index in [2.05, 4.69) is 27.3 Å². The number of nitrogens with zero attached hydrogens (tertiary/aromatic N) is 3. The standard InChI is InChI=1S/C18H19F3N4OS2/c1-10-14(11-6-8-25(10)9-7-11)22-15(26)12-2-4-13(5-3-12)27-17-24-23-16(28-17)18(19,20)21/h2-5,10-11,14H,6-9H2,1H3,(H,22,26). The molecule has 0 radical (unpaired) electrons. The van der Waals surface area contributed by atoms with Crippen LogP contribution in [0.1, 0.15) is 35.1 Å². The first-order valence-corrected chi connectivity index (χ1v) is 10.7. The quantitative estimate of drug-likeness (QED) is 0.800. The third-order valence-electron chi connectivity index (χ3n) is 5.45. The number of rotatable bonds is 4. The fourth-order valence-electron chi connectivity index (χ4n) is 3.92. The van der Waals surface area contributed by atoms with E-state index in [1.54, 1.807) is 24.3 Å². The Bertz CT molecular complexity index is 845. The summed E-state index contributed by atoms with van der Waals surface area (Å²) in [7, 11) is 0. The van der Waals surface area contributed by atoms with Crippen LogP contribution < -0.4 is 5.32 Å². The Hall–Kier alpha value is -1.65. The lowest BCUT2D eigenvalue weighted by Crippen LogP contribution is -2.62. The molecule has 2 atom stereocenters. The van der Waals surface area contributed by atoms with Crippen molar-refractivity contribution in [2.24, 2.45) is 5.92 Å². The number of aromatic nitrogens is 2. The van der Waals surface area contributed by atoms with Gasteiger partial charge in [-0.25, -0.2) is 0 Å². The zero-order valence-electron chi connectivity index (χ0n) is 15.1. The monoisotopic (exact) mass is 428 g/mol. The molecule has 3 aliphatic rings. The lowest BCUT2D eigenvalue weighted by Gasteiger charge is -2.49. The van der Waals surface area contributed by atoms with Crippen molar-refractivity contribution >= 4 is 29.0 Å². The second kappa shape index (κ2) is 7.64. The Labute approximate surface area is 168 Å². The highest BCUT2D eigenvalue weighted by Crippen LogP contribution is 2.37. The number of amides is 1. The van der Waals surface area contributed by atoms with E-state index in [4.69, 9.17) is 0 Å². The Balaban J connectivity index is 1.39. The molecule has 1 N–H and O–H groups in total. The van der Waals surface area contributed by atoms with E-state index in [1.807, 2.05) is 0 Å². The van der Waals surface area contributed by atoms with Crippen LogP contribution in [-0.4, -0.2) is 46.2 Å². The number of alkyl halides is 3. The highest BCUT2D eigenvalue weighted by atomic mass is 32.2. The molecule has 28 heavy (non-hydrogen) atoms. The average Bonchev–Trinajstić information content (AvgIpc) is 3.14. The van der Waals surface area contributed by atoms with Crippen molar-refractivity contribution in [2.45, 2.75) is 47.3 Å². The molecule has 2 aromatic rings. The number of benzene rings is 1. The molecule has 3 fully saturated rings. The van der Waals surface area contributed by atoms with Crippen molar-refractivity contribution in [3.05, 3.63) is 34.8 Å². The summed E-state index contributed by atoms with van der Waals surface area (Å²) in [6.45, 7) is 4.37. The van der Waals surface area contributed by atoms with Crippen LogP contribution in [0.2, 0.25) is 0 Å². The van der Waals surface area contributed by atoms with Crippen LogP contribution in [0.3, 0.4) is 0 Å². The average molecular weight is 429 g/mol. The largest absolute Gasteiger partial charge is 0.445 e. The van der Waals surface area contributed by atoms with Gasteiger partial charge < -0.3 is 5.32 Å². The summed E-state index contributed by atoms with van der Waals surface area (Å²) in [4.78, 5) is 15.8. The van der Waals surface area contributed by atoms with E-state index in [0.29, 0.717) is 33.8 Å². The van der Waals surface area contributed by atoms with Crippen molar-refractivity contribution in [3.63, 3.8) is 0 Å². The predicted octanol–water partition coefficient (Wildman–Crippen LogP) is 3.92. The fraction of sp³-hybridized carbons (Fsp3) is 0.500. The Morgan fingerprint density at radius 2 is 1.89 bits per heavy atom. The first-order chi connectivity index (χ1) is 13.3. The Kier molecular flexibility index (Phi) is 5.36. The smallest absolute Gasteiger partial charge is 0.347 e. The second-order valence-corrected chi connectivity index (χ2v) is 9.41. The minimum absolute atomic E-state index is 0.113. The van der Waals surface area contributed by atoms with Crippen molar-refractivity contribution in [1.29, 1.82) is 0 Å². The summed E-state index contributed by atoms with van der Waals surface area (Å²) in [6, 6.07) is 7.31. The lowest BCUT2D eigenvalue weighted by molar-refractivity contribution is -0.138. The SMILES string of the molecule is CC1C(NC(=O)c2ccc(Sc3nnc(C(F)(F)F)s3)cc2)C2CCN1CC2. The van der Waals surface area contributed by atoms with Gasteiger partial charge in [0, 0.05) is 22.5 Å². The number of piperidine rings is 3. The highest BCUT2D eigenvalue weighted by Gasteiger charge is 2.40. The van der Waals surface area contributed by atoms with Crippen LogP contribution in [0.25, 0.3) is 0 Å². The molecule has 0 aliphatic carbocycles. The summed E-state index contributed by atoms with van der Waals surface area (Å²) in [5.74, 6) is 0.413. The van der Waals surface area contributed by atoms with E-state index in [-0.39, 0.29) is 16.3 Å². The number of fused-ring (bicyclic) bond motifs is 3. The van der Waals surface area contributed by atoms with Gasteiger partial charge in [0.05, 0.1) is 0 Å². The van der Waals surface area contributed by atoms with E-state index in [1.165, 1.54) is 0 Å². The highest BCUT2D eigenvalue weighted by molar-refractivity contribution is 8.01. The maximum Gasteiger partial charge on any atom is 0.445 e. The third-order valence-corrected chi connectivity index (χ3v) is 7.47. The van der Waals surface area contributed by atoms with Gasteiger partial charge in [-0.1, -0.05) is 23.1 Å². The number of carbonyl (C=O) groups is 1. The summed E-state index contributed by atoms with van der Waals surface area (Å²) in [6.07, 6.45) is -2.25. The van der Waals surface area contributed by atoms with Crippen molar-refractivity contribution in [3.8, 4) is 0 Å². The van der Waals surface area contributed by atoms with Gasteiger partial charge in [0.2, 0.25) is 5.01 Å². The molecule has 0 spiro atoms. The zero-order valence-corrected chi connectivity index (χ0v) is 16.7. The molecule has 1 amide bonds. The van der Waals surface area contributed by atoms with Crippen molar-refractivity contribution < 1.29 is 18.0 Å². The summed E-state index contributed by atoms with van der Waals surface area (Å²) >= 11 is 1.60. The van der Waals surface area contributed by atoms with Gasteiger partial charge in [0.25, 0.3) is 5.91 Å². The van der Waals surface area contributed by atoms with Gasteiger partial charge in [0.1, 0.15) is 0 Å².